The molecular weight excluding hydrogens is 465 g/mol. The molecule has 2 N–H and O–H groups in total. The summed E-state index contributed by atoms with van der Waals surface area (Å²) in [6.45, 7) is 4.45. The Morgan fingerprint density at radius 2 is 1.96 bits per heavy atom. The fourth-order valence-corrected chi connectivity index (χ4v) is 3.16. The number of nitrogens with zero attached hydrogens (tertiary/aromatic N) is 1. The zero-order valence-corrected chi connectivity index (χ0v) is 19.0. The summed E-state index contributed by atoms with van der Waals surface area (Å²) in [4.78, 5) is 4.31. The highest BCUT2D eigenvalue weighted by atomic mass is 127. The molecule has 0 heterocycles. The molecule has 1 unspecified atom stereocenters. The zero-order valence-electron chi connectivity index (χ0n) is 15.9. The van der Waals surface area contributed by atoms with E-state index < -0.39 is 0 Å². The van der Waals surface area contributed by atoms with Crippen LogP contribution >= 0.6 is 35.6 Å². The Kier molecular flexibility index (Phi) is 10.6. The molecule has 148 valence electrons. The number of halogens is 2. The van der Waals surface area contributed by atoms with Crippen LogP contribution in [0.1, 0.15) is 32.6 Å². The first-order chi connectivity index (χ1) is 12.1. The Balaban J connectivity index is 0.00000338. The van der Waals surface area contributed by atoms with E-state index in [2.05, 4.69) is 15.6 Å². The Hall–Kier alpha value is -0.730. The predicted octanol–water partition coefficient (Wildman–Crippen LogP) is 4.10. The van der Waals surface area contributed by atoms with Crippen LogP contribution in [0.3, 0.4) is 0 Å². The molecule has 1 atom stereocenters. The number of hydrogen-bond acceptors (Lipinski definition) is 3. The minimum atomic E-state index is 0. The van der Waals surface area contributed by atoms with Gasteiger partial charge in [-0.15, -0.1) is 24.0 Å². The molecule has 26 heavy (non-hydrogen) atoms. The minimum absolute atomic E-state index is 0. The van der Waals surface area contributed by atoms with Crippen LogP contribution in [0.15, 0.2) is 29.3 Å². The van der Waals surface area contributed by atoms with E-state index in [1.54, 1.807) is 14.2 Å². The number of rotatable bonds is 9. The third-order valence-corrected chi connectivity index (χ3v) is 5.07. The maximum Gasteiger partial charge on any atom is 0.191 e. The number of ether oxygens (including phenoxy) is 2. The van der Waals surface area contributed by atoms with Crippen molar-refractivity contribution in [3.05, 3.63) is 29.3 Å². The summed E-state index contributed by atoms with van der Waals surface area (Å²) >= 11 is 5.89. The number of aliphatic imine (C=N–C) groups is 1. The van der Waals surface area contributed by atoms with E-state index in [1.807, 2.05) is 31.2 Å². The van der Waals surface area contributed by atoms with Gasteiger partial charge >= 0.3 is 0 Å². The van der Waals surface area contributed by atoms with E-state index in [0.29, 0.717) is 17.0 Å². The smallest absolute Gasteiger partial charge is 0.191 e. The van der Waals surface area contributed by atoms with Gasteiger partial charge in [0.15, 0.2) is 5.96 Å². The van der Waals surface area contributed by atoms with Gasteiger partial charge < -0.3 is 20.1 Å². The third-order valence-electron chi connectivity index (χ3n) is 4.81. The van der Waals surface area contributed by atoms with Crippen LogP contribution in [0.4, 0.5) is 0 Å². The molecule has 0 amide bonds. The van der Waals surface area contributed by atoms with Crippen LogP contribution in [0.2, 0.25) is 5.02 Å². The Morgan fingerprint density at radius 1 is 1.27 bits per heavy atom. The highest BCUT2D eigenvalue weighted by Crippen LogP contribution is 2.43. The van der Waals surface area contributed by atoms with Crippen molar-refractivity contribution in [2.75, 3.05) is 33.9 Å². The normalized spacial score (nSPS) is 16.8. The van der Waals surface area contributed by atoms with Gasteiger partial charge in [-0.2, -0.15) is 0 Å². The average Bonchev–Trinajstić information content (AvgIpc) is 2.58. The van der Waals surface area contributed by atoms with E-state index in [-0.39, 0.29) is 30.1 Å². The quantitative estimate of drug-likeness (QED) is 0.308. The summed E-state index contributed by atoms with van der Waals surface area (Å²) in [5, 5.41) is 7.50. The summed E-state index contributed by atoms with van der Waals surface area (Å²) in [6.07, 6.45) is 4.95. The minimum Gasteiger partial charge on any atom is -0.489 e. The van der Waals surface area contributed by atoms with Crippen molar-refractivity contribution in [1.82, 2.24) is 10.6 Å². The lowest BCUT2D eigenvalue weighted by Gasteiger charge is -2.42. The first kappa shape index (κ1) is 23.3. The second-order valence-corrected chi connectivity index (χ2v) is 7.22. The second-order valence-electron chi connectivity index (χ2n) is 6.79. The summed E-state index contributed by atoms with van der Waals surface area (Å²) < 4.78 is 11.1. The van der Waals surface area contributed by atoms with Gasteiger partial charge in [0.05, 0.1) is 6.54 Å². The van der Waals surface area contributed by atoms with Gasteiger partial charge in [-0.3, -0.25) is 4.99 Å². The van der Waals surface area contributed by atoms with Crippen molar-refractivity contribution in [3.63, 3.8) is 0 Å². The lowest BCUT2D eigenvalue weighted by molar-refractivity contribution is 0.0732. The first-order valence-electron chi connectivity index (χ1n) is 8.92. The van der Waals surface area contributed by atoms with E-state index >= 15 is 0 Å². The van der Waals surface area contributed by atoms with Crippen LogP contribution in [-0.2, 0) is 4.74 Å². The fourth-order valence-electron chi connectivity index (χ4n) is 3.03. The molecule has 7 heteroatoms. The summed E-state index contributed by atoms with van der Waals surface area (Å²) in [6, 6.07) is 7.41. The van der Waals surface area contributed by atoms with Gasteiger partial charge in [-0.25, -0.2) is 0 Å². The van der Waals surface area contributed by atoms with E-state index in [0.717, 1.165) is 31.3 Å². The average molecular weight is 496 g/mol. The molecule has 0 saturated heterocycles. The van der Waals surface area contributed by atoms with E-state index in [1.165, 1.54) is 19.3 Å². The molecule has 0 radical (unpaired) electrons. The molecule has 1 aliphatic rings. The van der Waals surface area contributed by atoms with Crippen molar-refractivity contribution in [3.8, 4) is 5.75 Å². The van der Waals surface area contributed by atoms with Crippen molar-refractivity contribution >= 4 is 41.5 Å². The number of methoxy groups -OCH3 is 1. The lowest BCUT2D eigenvalue weighted by atomic mass is 9.67. The number of guanidine groups is 1. The van der Waals surface area contributed by atoms with Gasteiger partial charge in [-0.1, -0.05) is 18.0 Å². The van der Waals surface area contributed by atoms with Gasteiger partial charge in [-0.05, 0) is 55.9 Å². The van der Waals surface area contributed by atoms with Crippen molar-refractivity contribution < 1.29 is 9.47 Å². The van der Waals surface area contributed by atoms with Gasteiger partial charge in [0.25, 0.3) is 0 Å². The number of hydrogen-bond donors (Lipinski definition) is 2. The lowest BCUT2D eigenvalue weighted by Crippen LogP contribution is -2.48. The van der Waals surface area contributed by atoms with Crippen molar-refractivity contribution in [1.29, 1.82) is 0 Å². The highest BCUT2D eigenvalue weighted by molar-refractivity contribution is 14.0. The molecule has 0 aromatic heterocycles. The molecular formula is C19H31ClIN3O2. The Labute approximate surface area is 179 Å². The van der Waals surface area contributed by atoms with Crippen molar-refractivity contribution in [2.45, 2.75) is 38.7 Å². The topological polar surface area (TPSA) is 54.9 Å². The Bertz CT molecular complexity index is 550. The zero-order chi connectivity index (χ0) is 18.1. The van der Waals surface area contributed by atoms with Gasteiger partial charge in [0.2, 0.25) is 0 Å². The van der Waals surface area contributed by atoms with Crippen LogP contribution in [0, 0.1) is 5.41 Å². The highest BCUT2D eigenvalue weighted by Gasteiger charge is 2.36. The number of benzene rings is 1. The predicted molar refractivity (Wildman–Crippen MR) is 119 cm³/mol. The second kappa shape index (κ2) is 11.9. The summed E-state index contributed by atoms with van der Waals surface area (Å²) in [5.41, 5.74) is 0.360. The van der Waals surface area contributed by atoms with Gasteiger partial charge in [0.1, 0.15) is 11.9 Å². The van der Waals surface area contributed by atoms with Gasteiger partial charge in [0, 0.05) is 32.3 Å². The van der Waals surface area contributed by atoms with Crippen LogP contribution in [-0.4, -0.2) is 45.9 Å². The standard InChI is InChI=1S/C19H30ClN3O2.HI/c1-15(25-17-7-5-16(20)6-8-17)13-22-18(21-2)23-14-19(9-4-10-19)11-12-24-3;/h5-8,15H,4,9-14H2,1-3H3,(H2,21,22,23);1H. The SMILES string of the molecule is CN=C(NCC(C)Oc1ccc(Cl)cc1)NCC1(CCOC)CCC1.I. The first-order valence-corrected chi connectivity index (χ1v) is 9.30. The van der Waals surface area contributed by atoms with Crippen LogP contribution in [0.25, 0.3) is 0 Å². The molecule has 1 aromatic carbocycles. The maximum atomic E-state index is 5.89. The molecule has 1 aromatic rings. The van der Waals surface area contributed by atoms with Crippen LogP contribution in [0.5, 0.6) is 5.75 Å². The van der Waals surface area contributed by atoms with Crippen LogP contribution < -0.4 is 15.4 Å². The summed E-state index contributed by atoms with van der Waals surface area (Å²) in [7, 11) is 3.56. The molecule has 0 bridgehead atoms. The van der Waals surface area contributed by atoms with E-state index in [9.17, 15) is 0 Å². The molecule has 5 nitrogen and oxygen atoms in total. The van der Waals surface area contributed by atoms with E-state index in [4.69, 9.17) is 21.1 Å². The molecule has 1 saturated carbocycles. The summed E-state index contributed by atoms with van der Waals surface area (Å²) in [5.74, 6) is 1.63. The van der Waals surface area contributed by atoms with Crippen molar-refractivity contribution in [2.24, 2.45) is 10.4 Å². The molecule has 0 spiro atoms. The molecule has 1 aliphatic carbocycles. The Morgan fingerprint density at radius 3 is 2.50 bits per heavy atom. The third kappa shape index (κ3) is 7.48. The monoisotopic (exact) mass is 495 g/mol. The number of nitrogens with one attached hydrogen (secondary N) is 2. The molecule has 1 fully saturated rings. The maximum absolute atomic E-state index is 5.89. The fraction of sp³-hybridized carbons (Fsp3) is 0.632. The molecule has 2 rings (SSSR count). The molecule has 0 aliphatic heterocycles. The largest absolute Gasteiger partial charge is 0.489 e.